The number of anilines is 1. The van der Waals surface area contributed by atoms with Crippen molar-refractivity contribution >= 4 is 27.3 Å². The maximum Gasteiger partial charge on any atom is 0.265 e. The SMILES string of the molecule is COc1cc(C)nc(NS(=O)(=O)c2c(C)csc2CO)n1. The molecule has 0 aliphatic heterocycles. The molecule has 0 aliphatic carbocycles. The average Bonchev–Trinajstić information content (AvgIpc) is 2.79. The summed E-state index contributed by atoms with van der Waals surface area (Å²) in [5.41, 5.74) is 1.14. The van der Waals surface area contributed by atoms with Crippen molar-refractivity contribution in [1.82, 2.24) is 9.97 Å². The fourth-order valence-corrected chi connectivity index (χ4v) is 4.43. The van der Waals surface area contributed by atoms with Crippen LogP contribution in [0.15, 0.2) is 16.3 Å². The minimum atomic E-state index is -3.87. The molecular weight excluding hydrogens is 314 g/mol. The Morgan fingerprint density at radius 1 is 1.38 bits per heavy atom. The molecule has 0 bridgehead atoms. The number of methoxy groups -OCH3 is 1. The summed E-state index contributed by atoms with van der Waals surface area (Å²) in [6.07, 6.45) is 0. The second-order valence-corrected chi connectivity index (χ2v) is 6.89. The van der Waals surface area contributed by atoms with Gasteiger partial charge < -0.3 is 9.84 Å². The van der Waals surface area contributed by atoms with Crippen LogP contribution in [-0.4, -0.2) is 30.6 Å². The predicted molar refractivity (Wildman–Crippen MR) is 79.1 cm³/mol. The lowest BCUT2D eigenvalue weighted by Gasteiger charge is -2.09. The Morgan fingerprint density at radius 2 is 2.10 bits per heavy atom. The van der Waals surface area contributed by atoms with Gasteiger partial charge in [-0.25, -0.2) is 18.1 Å². The zero-order valence-electron chi connectivity index (χ0n) is 11.7. The van der Waals surface area contributed by atoms with Crippen molar-refractivity contribution in [1.29, 1.82) is 0 Å². The highest BCUT2D eigenvalue weighted by atomic mass is 32.2. The maximum absolute atomic E-state index is 12.4. The number of nitrogens with zero attached hydrogens (tertiary/aromatic N) is 2. The number of aliphatic hydroxyl groups is 1. The molecule has 2 N–H and O–H groups in total. The summed E-state index contributed by atoms with van der Waals surface area (Å²) in [7, 11) is -2.43. The van der Waals surface area contributed by atoms with Crippen LogP contribution in [0.4, 0.5) is 5.95 Å². The largest absolute Gasteiger partial charge is 0.481 e. The molecule has 0 spiro atoms. The van der Waals surface area contributed by atoms with Gasteiger partial charge in [0.2, 0.25) is 11.8 Å². The Hall–Kier alpha value is -1.71. The zero-order chi connectivity index (χ0) is 15.6. The standard InChI is InChI=1S/C12H15N3O4S2/c1-7-6-20-9(5-16)11(7)21(17,18)15-12-13-8(2)4-10(14-12)19-3/h4,6,16H,5H2,1-3H3,(H,13,14,15). The van der Waals surface area contributed by atoms with E-state index < -0.39 is 10.0 Å². The van der Waals surface area contributed by atoms with Gasteiger partial charge in [-0.1, -0.05) is 0 Å². The van der Waals surface area contributed by atoms with Gasteiger partial charge in [0.15, 0.2) is 0 Å². The summed E-state index contributed by atoms with van der Waals surface area (Å²) in [4.78, 5) is 8.41. The molecule has 7 nitrogen and oxygen atoms in total. The number of aliphatic hydroxyl groups excluding tert-OH is 1. The Balaban J connectivity index is 2.42. The number of thiophene rings is 1. The van der Waals surface area contributed by atoms with Gasteiger partial charge >= 0.3 is 0 Å². The average molecular weight is 329 g/mol. The third kappa shape index (κ3) is 3.31. The maximum atomic E-state index is 12.4. The summed E-state index contributed by atoms with van der Waals surface area (Å²) in [5.74, 6) is 0.200. The molecule has 21 heavy (non-hydrogen) atoms. The number of sulfonamides is 1. The van der Waals surface area contributed by atoms with Gasteiger partial charge in [0.25, 0.3) is 10.0 Å². The summed E-state index contributed by atoms with van der Waals surface area (Å²) >= 11 is 1.19. The number of nitrogens with one attached hydrogen (secondary N) is 1. The van der Waals surface area contributed by atoms with E-state index >= 15 is 0 Å². The van der Waals surface area contributed by atoms with E-state index in [0.717, 1.165) is 0 Å². The molecule has 0 radical (unpaired) electrons. The van der Waals surface area contributed by atoms with Gasteiger partial charge in [-0.2, -0.15) is 4.98 Å². The van der Waals surface area contributed by atoms with Crippen LogP contribution in [0.25, 0.3) is 0 Å². The Bertz CT molecular complexity index is 756. The van der Waals surface area contributed by atoms with Gasteiger partial charge in [-0.15, -0.1) is 11.3 Å². The van der Waals surface area contributed by atoms with E-state index in [-0.39, 0.29) is 23.3 Å². The van der Waals surface area contributed by atoms with Gasteiger partial charge in [-0.3, -0.25) is 0 Å². The molecule has 0 aliphatic rings. The zero-order valence-corrected chi connectivity index (χ0v) is 13.4. The molecule has 2 aromatic heterocycles. The van der Waals surface area contributed by atoms with Crippen LogP contribution in [0.1, 0.15) is 16.1 Å². The topological polar surface area (TPSA) is 101 Å². The number of hydrogen-bond donors (Lipinski definition) is 2. The van der Waals surface area contributed by atoms with Crippen LogP contribution in [0.3, 0.4) is 0 Å². The number of rotatable bonds is 5. The van der Waals surface area contributed by atoms with Crippen LogP contribution in [0, 0.1) is 13.8 Å². The normalized spacial score (nSPS) is 11.4. The first-order chi connectivity index (χ1) is 9.87. The van der Waals surface area contributed by atoms with E-state index in [1.54, 1.807) is 25.3 Å². The third-order valence-electron chi connectivity index (χ3n) is 2.67. The quantitative estimate of drug-likeness (QED) is 0.861. The van der Waals surface area contributed by atoms with E-state index in [1.165, 1.54) is 18.4 Å². The Labute approximate surface area is 126 Å². The molecule has 0 saturated carbocycles. The minimum Gasteiger partial charge on any atom is -0.481 e. The molecule has 0 aromatic carbocycles. The third-order valence-corrected chi connectivity index (χ3v) is 5.44. The van der Waals surface area contributed by atoms with E-state index in [0.29, 0.717) is 16.1 Å². The second-order valence-electron chi connectivity index (χ2n) is 4.31. The van der Waals surface area contributed by atoms with Crippen molar-refractivity contribution < 1.29 is 18.3 Å². The number of aryl methyl sites for hydroxylation is 2. The van der Waals surface area contributed by atoms with Crippen LogP contribution < -0.4 is 9.46 Å². The summed E-state index contributed by atoms with van der Waals surface area (Å²) < 4.78 is 32.2. The van der Waals surface area contributed by atoms with Crippen LogP contribution >= 0.6 is 11.3 Å². The fraction of sp³-hybridized carbons (Fsp3) is 0.333. The van der Waals surface area contributed by atoms with Crippen molar-refractivity contribution in [2.45, 2.75) is 25.3 Å². The van der Waals surface area contributed by atoms with Crippen LogP contribution in [0.2, 0.25) is 0 Å². The Morgan fingerprint density at radius 3 is 2.71 bits per heavy atom. The lowest BCUT2D eigenvalue weighted by atomic mass is 10.3. The number of aromatic nitrogens is 2. The number of ether oxygens (including phenoxy) is 1. The minimum absolute atomic E-state index is 0.0682. The lowest BCUT2D eigenvalue weighted by molar-refractivity contribution is 0.282. The molecule has 0 saturated heterocycles. The smallest absolute Gasteiger partial charge is 0.265 e. The lowest BCUT2D eigenvalue weighted by Crippen LogP contribution is -2.17. The van der Waals surface area contributed by atoms with Gasteiger partial charge in [0.05, 0.1) is 18.6 Å². The molecule has 0 unspecified atom stereocenters. The molecule has 2 aromatic rings. The van der Waals surface area contributed by atoms with E-state index in [4.69, 9.17) is 4.74 Å². The second kappa shape index (κ2) is 5.96. The molecule has 114 valence electrons. The highest BCUT2D eigenvalue weighted by Gasteiger charge is 2.24. The first-order valence-electron chi connectivity index (χ1n) is 5.97. The summed E-state index contributed by atoms with van der Waals surface area (Å²) in [6.45, 7) is 3.03. The molecule has 0 amide bonds. The molecule has 0 atom stereocenters. The molecular formula is C12H15N3O4S2. The number of hydrogen-bond acceptors (Lipinski definition) is 7. The van der Waals surface area contributed by atoms with Crippen molar-refractivity contribution in [2.24, 2.45) is 0 Å². The molecule has 9 heteroatoms. The van der Waals surface area contributed by atoms with Gasteiger partial charge in [-0.05, 0) is 24.8 Å². The van der Waals surface area contributed by atoms with Crippen molar-refractivity contribution in [3.63, 3.8) is 0 Å². The summed E-state index contributed by atoms with van der Waals surface area (Å²) in [5, 5.41) is 10.9. The van der Waals surface area contributed by atoms with E-state index in [1.807, 2.05) is 0 Å². The highest BCUT2D eigenvalue weighted by molar-refractivity contribution is 7.93. The predicted octanol–water partition coefficient (Wildman–Crippen LogP) is 1.46. The Kier molecular flexibility index (Phi) is 4.45. The van der Waals surface area contributed by atoms with Crippen molar-refractivity contribution in [3.05, 3.63) is 27.6 Å². The van der Waals surface area contributed by atoms with Crippen LogP contribution in [-0.2, 0) is 16.6 Å². The molecule has 2 heterocycles. The van der Waals surface area contributed by atoms with E-state index in [2.05, 4.69) is 14.7 Å². The fourth-order valence-electron chi connectivity index (χ4n) is 1.82. The van der Waals surface area contributed by atoms with Crippen molar-refractivity contribution in [2.75, 3.05) is 11.8 Å². The van der Waals surface area contributed by atoms with Gasteiger partial charge in [0, 0.05) is 11.8 Å². The first kappa shape index (κ1) is 15.7. The first-order valence-corrected chi connectivity index (χ1v) is 8.34. The summed E-state index contributed by atoms with van der Waals surface area (Å²) in [6, 6.07) is 1.59. The van der Waals surface area contributed by atoms with E-state index in [9.17, 15) is 13.5 Å². The molecule has 2 rings (SSSR count). The van der Waals surface area contributed by atoms with Crippen LogP contribution in [0.5, 0.6) is 5.88 Å². The molecule has 0 fully saturated rings. The monoisotopic (exact) mass is 329 g/mol. The van der Waals surface area contributed by atoms with Crippen molar-refractivity contribution in [3.8, 4) is 5.88 Å². The highest BCUT2D eigenvalue weighted by Crippen LogP contribution is 2.28. The van der Waals surface area contributed by atoms with Gasteiger partial charge in [0.1, 0.15) is 4.90 Å².